The monoisotopic (exact) mass is 259 g/mol. The quantitative estimate of drug-likeness (QED) is 0.275. The molecule has 0 aliphatic carbocycles. The predicted molar refractivity (Wildman–Crippen MR) is 59.2 cm³/mol. The van der Waals surface area contributed by atoms with E-state index in [0.717, 1.165) is 6.07 Å². The van der Waals surface area contributed by atoms with Gasteiger partial charge in [0.15, 0.2) is 5.69 Å². The highest BCUT2D eigenvalue weighted by Gasteiger charge is 2.13. The van der Waals surface area contributed by atoms with Crippen molar-refractivity contribution in [2.24, 2.45) is 5.84 Å². The molecule has 0 unspecified atom stereocenters. The number of carbonyl (C=O) groups excluding carboxylic acids is 1. The molecule has 0 fully saturated rings. The van der Waals surface area contributed by atoms with Crippen LogP contribution < -0.4 is 16.6 Å². The molecule has 0 spiro atoms. The van der Waals surface area contributed by atoms with Crippen LogP contribution in [0.5, 0.6) is 0 Å². The highest BCUT2D eigenvalue weighted by Crippen LogP contribution is 2.25. The highest BCUT2D eigenvalue weighted by molar-refractivity contribution is 7.85. The first-order chi connectivity index (χ1) is 7.75. The summed E-state index contributed by atoms with van der Waals surface area (Å²) in [6, 6.07) is 2.29. The molecule has 1 aromatic rings. The van der Waals surface area contributed by atoms with Gasteiger partial charge in [-0.25, -0.2) is 13.8 Å². The number of amides is 1. The molecule has 0 aliphatic heterocycles. The maximum absolute atomic E-state index is 10.9. The lowest BCUT2D eigenvalue weighted by Crippen LogP contribution is -2.85. The fourth-order valence-electron chi connectivity index (χ4n) is 1.35. The van der Waals surface area contributed by atoms with Crippen LogP contribution in [-0.4, -0.2) is 18.9 Å². The highest BCUT2D eigenvalue weighted by atomic mass is 32.2. The third-order valence-corrected chi connectivity index (χ3v) is 3.01. The number of hydrogen-bond donors (Lipinski definition) is 3. The van der Waals surface area contributed by atoms with Gasteiger partial charge in [0.1, 0.15) is 10.1 Å². The van der Waals surface area contributed by atoms with Gasteiger partial charge in [0.05, 0.1) is 10.6 Å². The van der Waals surface area contributed by atoms with Crippen molar-refractivity contribution in [3.8, 4) is 0 Å². The molecule has 0 bridgehead atoms. The molecule has 94 valence electrons. The Kier molecular flexibility index (Phi) is 3.83. The van der Waals surface area contributed by atoms with Crippen LogP contribution in [0.2, 0.25) is 0 Å². The van der Waals surface area contributed by atoms with Gasteiger partial charge < -0.3 is 9.87 Å². The summed E-state index contributed by atoms with van der Waals surface area (Å²) in [6.45, 7) is 2.94. The van der Waals surface area contributed by atoms with Gasteiger partial charge in [0, 0.05) is 18.6 Å². The van der Waals surface area contributed by atoms with E-state index in [4.69, 9.17) is 5.84 Å². The maximum Gasteiger partial charge on any atom is 0.221 e. The Morgan fingerprint density at radius 2 is 2.06 bits per heavy atom. The summed E-state index contributed by atoms with van der Waals surface area (Å²) >= 11 is 0. The molecule has 0 radical (unpaired) electrons. The van der Waals surface area contributed by atoms with Gasteiger partial charge in [-0.1, -0.05) is 0 Å². The standard InChI is InChI=1S/C9H13N3O4S/c1-5-8(11-6(2)13)3-7(17(14,15)16)4-9(5)12-10/h3-4,12H,10H2,1-2H3,(H,11,13)(H,14,15,16). The SMILES string of the molecule is CC(=O)Nc1cc(S(=O)(=O)[O-])cc([NH2+]N)c1C. The van der Waals surface area contributed by atoms with Crippen molar-refractivity contribution < 1.29 is 23.2 Å². The van der Waals surface area contributed by atoms with Crippen LogP contribution in [0.4, 0.5) is 11.4 Å². The van der Waals surface area contributed by atoms with E-state index in [1.807, 2.05) is 0 Å². The van der Waals surface area contributed by atoms with E-state index in [0.29, 0.717) is 11.3 Å². The number of rotatable bonds is 3. The van der Waals surface area contributed by atoms with Crippen molar-refractivity contribution in [3.05, 3.63) is 17.7 Å². The first kappa shape index (κ1) is 13.6. The minimum atomic E-state index is -4.59. The lowest BCUT2D eigenvalue weighted by Gasteiger charge is -2.13. The Labute approximate surface area is 98.7 Å². The summed E-state index contributed by atoms with van der Waals surface area (Å²) in [5, 5.41) is 2.44. The van der Waals surface area contributed by atoms with Gasteiger partial charge in [-0.2, -0.15) is 5.84 Å². The van der Waals surface area contributed by atoms with E-state index in [2.05, 4.69) is 5.32 Å². The molecule has 1 amide bonds. The molecular weight excluding hydrogens is 246 g/mol. The molecule has 5 N–H and O–H groups in total. The second-order valence-electron chi connectivity index (χ2n) is 3.49. The number of hydrogen-bond acceptors (Lipinski definition) is 5. The van der Waals surface area contributed by atoms with Crippen molar-refractivity contribution in [1.29, 1.82) is 0 Å². The Bertz CT molecular complexity index is 554. The van der Waals surface area contributed by atoms with E-state index in [-0.39, 0.29) is 11.6 Å². The van der Waals surface area contributed by atoms with Crippen LogP contribution in [0, 0.1) is 6.92 Å². The molecule has 1 rings (SSSR count). The van der Waals surface area contributed by atoms with Crippen LogP contribution in [0.1, 0.15) is 12.5 Å². The van der Waals surface area contributed by atoms with Gasteiger partial charge >= 0.3 is 0 Å². The Balaban J connectivity index is 3.44. The summed E-state index contributed by atoms with van der Waals surface area (Å²) < 4.78 is 32.8. The fraction of sp³-hybridized carbons (Fsp3) is 0.222. The first-order valence-electron chi connectivity index (χ1n) is 4.68. The van der Waals surface area contributed by atoms with Crippen molar-refractivity contribution in [2.75, 3.05) is 5.32 Å². The Morgan fingerprint density at radius 3 is 2.47 bits per heavy atom. The first-order valence-corrected chi connectivity index (χ1v) is 6.09. The van der Waals surface area contributed by atoms with Crippen molar-refractivity contribution in [1.82, 2.24) is 0 Å². The molecule has 1 aromatic carbocycles. The maximum atomic E-state index is 10.9. The average Bonchev–Trinajstić information content (AvgIpc) is 2.18. The lowest BCUT2D eigenvalue weighted by molar-refractivity contribution is -0.584. The number of nitrogens with one attached hydrogen (secondary N) is 1. The van der Waals surface area contributed by atoms with Crippen molar-refractivity contribution in [2.45, 2.75) is 18.7 Å². The smallest absolute Gasteiger partial charge is 0.221 e. The predicted octanol–water partition coefficient (Wildman–Crippen LogP) is -1.07. The zero-order valence-corrected chi connectivity index (χ0v) is 10.2. The topological polar surface area (TPSA) is 129 Å². The van der Waals surface area contributed by atoms with E-state index >= 15 is 0 Å². The van der Waals surface area contributed by atoms with E-state index in [1.165, 1.54) is 18.4 Å². The van der Waals surface area contributed by atoms with Crippen LogP contribution in [-0.2, 0) is 14.9 Å². The lowest BCUT2D eigenvalue weighted by atomic mass is 10.1. The van der Waals surface area contributed by atoms with Gasteiger partial charge in [0.25, 0.3) is 0 Å². The number of anilines is 1. The molecule has 0 atom stereocenters. The summed E-state index contributed by atoms with van der Waals surface area (Å²) in [4.78, 5) is 10.5. The third kappa shape index (κ3) is 3.24. The second-order valence-corrected chi connectivity index (χ2v) is 4.87. The van der Waals surface area contributed by atoms with E-state index in [9.17, 15) is 17.8 Å². The molecule has 0 aliphatic rings. The number of benzene rings is 1. The summed E-state index contributed by atoms with van der Waals surface area (Å²) in [7, 11) is -4.59. The third-order valence-electron chi connectivity index (χ3n) is 2.20. The molecular formula is C9H13N3O4S. The fourth-order valence-corrected chi connectivity index (χ4v) is 1.88. The van der Waals surface area contributed by atoms with Crippen LogP contribution in [0.3, 0.4) is 0 Å². The van der Waals surface area contributed by atoms with Crippen molar-refractivity contribution >= 4 is 27.4 Å². The van der Waals surface area contributed by atoms with E-state index in [1.54, 1.807) is 6.92 Å². The van der Waals surface area contributed by atoms with Gasteiger partial charge in [-0.15, -0.1) is 0 Å². The Morgan fingerprint density at radius 1 is 1.47 bits per heavy atom. The average molecular weight is 259 g/mol. The molecule has 0 saturated carbocycles. The van der Waals surface area contributed by atoms with Gasteiger partial charge in [-0.3, -0.25) is 4.79 Å². The summed E-state index contributed by atoms with van der Waals surface area (Å²) in [6.07, 6.45) is 0. The molecule has 0 heterocycles. The largest absolute Gasteiger partial charge is 0.744 e. The zero-order valence-electron chi connectivity index (χ0n) is 9.35. The zero-order chi connectivity index (χ0) is 13.2. The van der Waals surface area contributed by atoms with Crippen molar-refractivity contribution in [3.63, 3.8) is 0 Å². The Hall–Kier alpha value is -1.48. The second kappa shape index (κ2) is 4.80. The normalized spacial score (nSPS) is 11.3. The number of nitrogens with two attached hydrogens (primary N) is 2. The van der Waals surface area contributed by atoms with E-state index < -0.39 is 15.0 Å². The van der Waals surface area contributed by atoms with Crippen LogP contribution in [0.15, 0.2) is 17.0 Å². The molecule has 17 heavy (non-hydrogen) atoms. The van der Waals surface area contributed by atoms with Crippen LogP contribution in [0.25, 0.3) is 0 Å². The summed E-state index contributed by atoms with van der Waals surface area (Å²) in [5.74, 6) is 4.96. The van der Waals surface area contributed by atoms with Gasteiger partial charge in [0.2, 0.25) is 5.91 Å². The minimum Gasteiger partial charge on any atom is -0.744 e. The molecule has 8 heteroatoms. The molecule has 0 saturated heterocycles. The number of quaternary nitrogens is 1. The molecule has 0 aromatic heterocycles. The minimum absolute atomic E-state index is 0.256. The summed E-state index contributed by atoms with van der Waals surface area (Å²) in [5.41, 5.74) is 2.40. The number of carbonyl (C=O) groups is 1. The molecule has 7 nitrogen and oxygen atoms in total. The van der Waals surface area contributed by atoms with Gasteiger partial charge in [-0.05, 0) is 13.0 Å². The van der Waals surface area contributed by atoms with Crippen LogP contribution >= 0.6 is 0 Å².